The van der Waals surface area contributed by atoms with Crippen LogP contribution in [0.1, 0.15) is 37.4 Å². The summed E-state index contributed by atoms with van der Waals surface area (Å²) in [5.74, 6) is 0.513. The Morgan fingerprint density at radius 1 is 0.643 bits per heavy atom. The van der Waals surface area contributed by atoms with E-state index in [4.69, 9.17) is 4.74 Å². The van der Waals surface area contributed by atoms with Gasteiger partial charge in [0, 0.05) is 63.1 Å². The van der Waals surface area contributed by atoms with Crippen LogP contribution in [0.25, 0.3) is 0 Å². The fraction of sp³-hybridized carbons (Fsp3) is 0.200. The molecule has 7 heteroatoms. The maximum absolute atomic E-state index is 12.7. The summed E-state index contributed by atoms with van der Waals surface area (Å²) in [7, 11) is 7.83. The van der Waals surface area contributed by atoms with Gasteiger partial charge in [-0.3, -0.25) is 19.6 Å². The molecule has 0 spiro atoms. The van der Waals surface area contributed by atoms with Crippen molar-refractivity contribution in [3.8, 4) is 5.75 Å². The smallest absolute Gasteiger partial charge is 0.184 e. The molecule has 7 nitrogen and oxygen atoms in total. The van der Waals surface area contributed by atoms with Crippen LogP contribution >= 0.6 is 0 Å². The van der Waals surface area contributed by atoms with E-state index in [9.17, 15) is 9.59 Å². The van der Waals surface area contributed by atoms with Crippen LogP contribution < -0.4 is 14.5 Å². The summed E-state index contributed by atoms with van der Waals surface area (Å²) in [5.41, 5.74) is 5.87. The van der Waals surface area contributed by atoms with E-state index >= 15 is 0 Å². The maximum Gasteiger partial charge on any atom is 0.184 e. The highest BCUT2D eigenvalue weighted by molar-refractivity contribution is 6.00. The molecular formula is C35H36N4O3. The zero-order valence-electron chi connectivity index (χ0n) is 24.5. The van der Waals surface area contributed by atoms with Gasteiger partial charge in [-0.1, -0.05) is 30.3 Å². The summed E-state index contributed by atoms with van der Waals surface area (Å²) in [6, 6.07) is 30.5. The number of benzene rings is 4. The molecular weight excluding hydrogens is 524 g/mol. The lowest BCUT2D eigenvalue weighted by molar-refractivity contribution is 0.0994. The van der Waals surface area contributed by atoms with Crippen molar-refractivity contribution in [3.05, 3.63) is 125 Å². The van der Waals surface area contributed by atoms with Gasteiger partial charge in [0.25, 0.3) is 0 Å². The number of hydrogen-bond acceptors (Lipinski definition) is 7. The van der Waals surface area contributed by atoms with Gasteiger partial charge in [0.15, 0.2) is 11.6 Å². The number of carbonyl (C=O) groups excluding carboxylic acids is 2. The van der Waals surface area contributed by atoms with Crippen LogP contribution in [0, 0.1) is 0 Å². The normalized spacial score (nSPS) is 11.1. The van der Waals surface area contributed by atoms with Crippen molar-refractivity contribution in [1.29, 1.82) is 0 Å². The first-order valence-electron chi connectivity index (χ1n) is 13.7. The monoisotopic (exact) mass is 560 g/mol. The van der Waals surface area contributed by atoms with Crippen LogP contribution in [0.15, 0.2) is 107 Å². The van der Waals surface area contributed by atoms with E-state index in [0.717, 1.165) is 28.1 Å². The van der Waals surface area contributed by atoms with E-state index in [1.165, 1.54) is 0 Å². The Kier molecular flexibility index (Phi) is 10.4. The Morgan fingerprint density at radius 3 is 1.52 bits per heavy atom. The van der Waals surface area contributed by atoms with Gasteiger partial charge >= 0.3 is 0 Å². The highest BCUT2D eigenvalue weighted by Gasteiger charge is 2.07. The summed E-state index contributed by atoms with van der Waals surface area (Å²) in [5, 5.41) is 0. The number of Topliss-reactive ketones (excluding diaryl/α,β-unsaturated/α-hetero) is 2. The fourth-order valence-electron chi connectivity index (χ4n) is 4.16. The predicted molar refractivity (Wildman–Crippen MR) is 172 cm³/mol. The third-order valence-electron chi connectivity index (χ3n) is 6.56. The molecule has 0 unspecified atom stereocenters. The van der Waals surface area contributed by atoms with Gasteiger partial charge < -0.3 is 14.5 Å². The van der Waals surface area contributed by atoms with E-state index < -0.39 is 0 Å². The second-order valence-electron chi connectivity index (χ2n) is 10.3. The lowest BCUT2D eigenvalue weighted by atomic mass is 10.1. The molecule has 0 aliphatic rings. The molecule has 4 aromatic rings. The van der Waals surface area contributed by atoms with Crippen molar-refractivity contribution in [2.75, 3.05) is 51.1 Å². The van der Waals surface area contributed by atoms with Gasteiger partial charge in [0.05, 0.1) is 0 Å². The minimum Gasteiger partial charge on any atom is -0.489 e. The van der Waals surface area contributed by atoms with Gasteiger partial charge in [-0.05, 0) is 83.4 Å². The second kappa shape index (κ2) is 14.6. The molecule has 0 saturated carbocycles. The van der Waals surface area contributed by atoms with Crippen molar-refractivity contribution in [3.63, 3.8) is 0 Å². The van der Waals surface area contributed by atoms with Crippen molar-refractivity contribution >= 4 is 35.4 Å². The zero-order valence-corrected chi connectivity index (χ0v) is 24.5. The topological polar surface area (TPSA) is 74.6 Å². The van der Waals surface area contributed by atoms with Crippen molar-refractivity contribution in [2.24, 2.45) is 9.98 Å². The summed E-state index contributed by atoms with van der Waals surface area (Å²) < 4.78 is 6.06. The number of hydrogen-bond donors (Lipinski definition) is 0. The molecule has 0 amide bonds. The molecule has 0 radical (unpaired) electrons. The van der Waals surface area contributed by atoms with Crippen LogP contribution in [0.2, 0.25) is 0 Å². The van der Waals surface area contributed by atoms with Crippen LogP contribution in [-0.4, -0.2) is 65.3 Å². The number of nitrogens with zero attached hydrogens (tertiary/aromatic N) is 4. The third-order valence-corrected chi connectivity index (χ3v) is 6.56. The Balaban J connectivity index is 1.46. The lowest BCUT2D eigenvalue weighted by Crippen LogP contribution is -2.09. The number of aliphatic imine (C=N–C) groups is 2. The number of carbonyl (C=O) groups is 2. The number of anilines is 2. The van der Waals surface area contributed by atoms with Gasteiger partial charge in [0.1, 0.15) is 25.4 Å². The van der Waals surface area contributed by atoms with Gasteiger partial charge in [-0.25, -0.2) is 0 Å². The quantitative estimate of drug-likeness (QED) is 0.148. The van der Waals surface area contributed by atoms with Crippen LogP contribution in [-0.2, 0) is 6.61 Å². The molecule has 0 heterocycles. The standard InChI is InChI=1S/C35H36N4O3/c1-38(2)31-14-10-29(11-15-31)34(40)23-36-21-27-18-28(20-33(19-27)42-25-26-8-6-5-7-9-26)22-37-24-35(41)30-12-16-32(17-13-30)39(3)4/h5-22H,23-25H2,1-4H3. The predicted octanol–water partition coefficient (Wildman–Crippen LogP) is 6.00. The first-order valence-corrected chi connectivity index (χ1v) is 13.7. The molecule has 0 aliphatic heterocycles. The van der Waals surface area contributed by atoms with Crippen LogP contribution in [0.5, 0.6) is 5.75 Å². The minimum absolute atomic E-state index is 0.0287. The summed E-state index contributed by atoms with van der Waals surface area (Å²) in [6.07, 6.45) is 3.33. The Labute approximate surface area is 247 Å². The maximum atomic E-state index is 12.7. The summed E-state index contributed by atoms with van der Waals surface area (Å²) in [4.78, 5) is 38.1. The van der Waals surface area contributed by atoms with E-state index in [0.29, 0.717) is 23.5 Å². The Hall–Kier alpha value is -5.04. The summed E-state index contributed by atoms with van der Waals surface area (Å²) in [6.45, 7) is 0.461. The molecule has 0 atom stereocenters. The van der Waals surface area contributed by atoms with Crippen molar-refractivity contribution in [1.82, 2.24) is 0 Å². The first kappa shape index (κ1) is 29.9. The second-order valence-corrected chi connectivity index (χ2v) is 10.3. The zero-order chi connectivity index (χ0) is 29.9. The van der Waals surface area contributed by atoms with Gasteiger partial charge in [-0.2, -0.15) is 0 Å². The fourth-order valence-corrected chi connectivity index (χ4v) is 4.16. The van der Waals surface area contributed by atoms with Crippen LogP contribution in [0.3, 0.4) is 0 Å². The van der Waals surface area contributed by atoms with E-state index in [-0.39, 0.29) is 24.7 Å². The molecule has 0 aliphatic carbocycles. The molecule has 0 aromatic heterocycles. The molecule has 0 bridgehead atoms. The Bertz CT molecular complexity index is 1450. The van der Waals surface area contributed by atoms with Crippen molar-refractivity contribution < 1.29 is 14.3 Å². The molecule has 4 aromatic carbocycles. The summed E-state index contributed by atoms with van der Waals surface area (Å²) >= 11 is 0. The largest absolute Gasteiger partial charge is 0.489 e. The SMILES string of the molecule is CN(C)c1ccc(C(=O)CN=Cc2cc(C=NCC(=O)c3ccc(N(C)C)cc3)cc(OCc3ccccc3)c2)cc1. The molecule has 4 rings (SSSR count). The number of ether oxygens (including phenoxy) is 1. The highest BCUT2D eigenvalue weighted by Crippen LogP contribution is 2.18. The molecule has 214 valence electrons. The molecule has 0 saturated heterocycles. The van der Waals surface area contributed by atoms with Gasteiger partial charge in [0.2, 0.25) is 0 Å². The average Bonchev–Trinajstić information content (AvgIpc) is 3.00. The molecule has 0 fully saturated rings. The number of ketones is 2. The molecule has 42 heavy (non-hydrogen) atoms. The van der Waals surface area contributed by atoms with Gasteiger partial charge in [-0.15, -0.1) is 0 Å². The Morgan fingerprint density at radius 2 is 1.10 bits per heavy atom. The van der Waals surface area contributed by atoms with Crippen molar-refractivity contribution in [2.45, 2.75) is 6.61 Å². The number of rotatable bonds is 13. The average molecular weight is 561 g/mol. The first-order chi connectivity index (χ1) is 20.3. The molecule has 0 N–H and O–H groups in total. The van der Waals surface area contributed by atoms with E-state index in [2.05, 4.69) is 9.98 Å². The third kappa shape index (κ3) is 8.73. The van der Waals surface area contributed by atoms with E-state index in [1.807, 2.05) is 135 Å². The highest BCUT2D eigenvalue weighted by atomic mass is 16.5. The minimum atomic E-state index is -0.0630. The van der Waals surface area contributed by atoms with Crippen LogP contribution in [0.4, 0.5) is 11.4 Å². The van der Waals surface area contributed by atoms with E-state index in [1.54, 1.807) is 12.4 Å². The lowest BCUT2D eigenvalue weighted by Gasteiger charge is -2.12.